The van der Waals surface area contributed by atoms with E-state index in [1.165, 1.54) is 0 Å². The van der Waals surface area contributed by atoms with E-state index in [1.54, 1.807) is 17.2 Å². The molecule has 23 heavy (non-hydrogen) atoms. The van der Waals surface area contributed by atoms with Crippen LogP contribution in [0.1, 0.15) is 6.92 Å². The van der Waals surface area contributed by atoms with Gasteiger partial charge in [-0.1, -0.05) is 13.0 Å². The highest BCUT2D eigenvalue weighted by atomic mass is 16.2. The van der Waals surface area contributed by atoms with E-state index in [2.05, 4.69) is 22.1 Å². The van der Waals surface area contributed by atoms with Crippen molar-refractivity contribution in [2.75, 3.05) is 38.0 Å². The van der Waals surface area contributed by atoms with Gasteiger partial charge < -0.3 is 15.1 Å². The van der Waals surface area contributed by atoms with Crippen molar-refractivity contribution in [2.45, 2.75) is 6.92 Å². The molecule has 0 atom stereocenters. The van der Waals surface area contributed by atoms with Gasteiger partial charge in [0.05, 0.1) is 5.52 Å². The van der Waals surface area contributed by atoms with Crippen LogP contribution in [0.15, 0.2) is 36.5 Å². The lowest BCUT2D eigenvalue weighted by atomic mass is 10.2. The monoisotopic (exact) mass is 312 g/mol. The zero-order valence-electron chi connectivity index (χ0n) is 13.2. The zero-order chi connectivity index (χ0) is 16.2. The van der Waals surface area contributed by atoms with Gasteiger partial charge in [-0.05, 0) is 30.8 Å². The molecule has 0 unspecified atom stereocenters. The molecule has 1 aliphatic rings. The van der Waals surface area contributed by atoms with Crippen LogP contribution in [-0.2, 0) is 9.59 Å². The largest absolute Gasteiger partial charge is 0.332 e. The number of amides is 2. The number of hydrogen-bond acceptors (Lipinski definition) is 4. The van der Waals surface area contributed by atoms with Crippen LogP contribution in [0.3, 0.4) is 0 Å². The number of fused-ring (bicyclic) bond motifs is 1. The van der Waals surface area contributed by atoms with Crippen LogP contribution in [0, 0.1) is 0 Å². The number of rotatable bonds is 2. The summed E-state index contributed by atoms with van der Waals surface area (Å²) < 4.78 is 0. The minimum atomic E-state index is -0.585. The molecule has 6 nitrogen and oxygen atoms in total. The summed E-state index contributed by atoms with van der Waals surface area (Å²) in [6, 6.07) is 9.17. The lowest BCUT2D eigenvalue weighted by Crippen LogP contribution is -2.51. The predicted octanol–water partition coefficient (Wildman–Crippen LogP) is 1.34. The standard InChI is InChI=1S/C17H20N4O2/c1-2-20-8-10-21(11-9-20)17(23)16(22)19-14-5-6-15-13(12-14)4-3-7-18-15/h3-7,12H,2,8-11H2,1H3,(H,19,22). The second-order valence-electron chi connectivity index (χ2n) is 5.59. The first-order valence-electron chi connectivity index (χ1n) is 7.85. The fraction of sp³-hybridized carbons (Fsp3) is 0.353. The number of benzene rings is 1. The number of carbonyl (C=O) groups is 2. The summed E-state index contributed by atoms with van der Waals surface area (Å²) in [4.78, 5) is 32.5. The Bertz CT molecular complexity index is 723. The van der Waals surface area contributed by atoms with Crippen LogP contribution in [0.2, 0.25) is 0 Å². The summed E-state index contributed by atoms with van der Waals surface area (Å²) in [6.45, 7) is 5.90. The van der Waals surface area contributed by atoms with E-state index in [0.717, 1.165) is 30.5 Å². The molecule has 1 fully saturated rings. The van der Waals surface area contributed by atoms with Gasteiger partial charge in [0.25, 0.3) is 0 Å². The number of nitrogens with zero attached hydrogens (tertiary/aromatic N) is 3. The van der Waals surface area contributed by atoms with E-state index in [0.29, 0.717) is 18.8 Å². The Morgan fingerprint density at radius 3 is 2.70 bits per heavy atom. The van der Waals surface area contributed by atoms with Crippen molar-refractivity contribution in [3.05, 3.63) is 36.5 Å². The van der Waals surface area contributed by atoms with E-state index < -0.39 is 11.8 Å². The molecule has 2 amide bonds. The van der Waals surface area contributed by atoms with Crippen molar-refractivity contribution in [2.24, 2.45) is 0 Å². The van der Waals surface area contributed by atoms with E-state index in [9.17, 15) is 9.59 Å². The molecule has 2 heterocycles. The second-order valence-corrected chi connectivity index (χ2v) is 5.59. The molecule has 1 saturated heterocycles. The van der Waals surface area contributed by atoms with Crippen molar-refractivity contribution in [1.29, 1.82) is 0 Å². The Kier molecular flexibility index (Phi) is 4.52. The Morgan fingerprint density at radius 2 is 1.96 bits per heavy atom. The highest BCUT2D eigenvalue weighted by molar-refractivity contribution is 6.39. The molecule has 1 aliphatic heterocycles. The van der Waals surface area contributed by atoms with Crippen molar-refractivity contribution in [1.82, 2.24) is 14.8 Å². The molecule has 0 radical (unpaired) electrons. The minimum absolute atomic E-state index is 0.466. The third-order valence-electron chi connectivity index (χ3n) is 4.16. The highest BCUT2D eigenvalue weighted by Gasteiger charge is 2.25. The third-order valence-corrected chi connectivity index (χ3v) is 4.16. The number of aromatic nitrogens is 1. The summed E-state index contributed by atoms with van der Waals surface area (Å²) in [7, 11) is 0. The first kappa shape index (κ1) is 15.4. The smallest absolute Gasteiger partial charge is 0.313 e. The maximum atomic E-state index is 12.2. The topological polar surface area (TPSA) is 65.5 Å². The van der Waals surface area contributed by atoms with Gasteiger partial charge in [-0.15, -0.1) is 0 Å². The molecule has 0 saturated carbocycles. The summed E-state index contributed by atoms with van der Waals surface area (Å²) in [5.41, 5.74) is 1.46. The van der Waals surface area contributed by atoms with Crippen LogP contribution in [0.25, 0.3) is 10.9 Å². The lowest BCUT2D eigenvalue weighted by molar-refractivity contribution is -0.144. The van der Waals surface area contributed by atoms with Crippen LogP contribution >= 0.6 is 0 Å². The van der Waals surface area contributed by atoms with Gasteiger partial charge >= 0.3 is 11.8 Å². The minimum Gasteiger partial charge on any atom is -0.332 e. The van der Waals surface area contributed by atoms with Gasteiger partial charge in [0, 0.05) is 43.4 Å². The number of nitrogens with one attached hydrogen (secondary N) is 1. The normalized spacial score (nSPS) is 15.6. The average Bonchev–Trinajstić information content (AvgIpc) is 2.61. The van der Waals surface area contributed by atoms with Gasteiger partial charge in [-0.2, -0.15) is 0 Å². The first-order valence-corrected chi connectivity index (χ1v) is 7.85. The fourth-order valence-corrected chi connectivity index (χ4v) is 2.75. The van der Waals surface area contributed by atoms with Gasteiger partial charge in [0.15, 0.2) is 0 Å². The van der Waals surface area contributed by atoms with E-state index in [4.69, 9.17) is 0 Å². The Morgan fingerprint density at radius 1 is 1.17 bits per heavy atom. The quantitative estimate of drug-likeness (QED) is 0.850. The molecular weight excluding hydrogens is 292 g/mol. The number of piperazine rings is 1. The summed E-state index contributed by atoms with van der Waals surface area (Å²) in [6.07, 6.45) is 1.72. The Balaban J connectivity index is 1.64. The van der Waals surface area contributed by atoms with Crippen LogP contribution in [-0.4, -0.2) is 59.3 Å². The molecule has 2 aromatic rings. The van der Waals surface area contributed by atoms with E-state index in [-0.39, 0.29) is 0 Å². The average molecular weight is 312 g/mol. The number of hydrogen-bond donors (Lipinski definition) is 1. The van der Waals surface area contributed by atoms with Crippen molar-refractivity contribution in [3.63, 3.8) is 0 Å². The molecule has 1 N–H and O–H groups in total. The molecule has 1 aromatic heterocycles. The Hall–Kier alpha value is -2.47. The van der Waals surface area contributed by atoms with Crippen LogP contribution in [0.5, 0.6) is 0 Å². The second kappa shape index (κ2) is 6.75. The fourth-order valence-electron chi connectivity index (χ4n) is 2.75. The van der Waals surface area contributed by atoms with Gasteiger partial charge in [0.1, 0.15) is 0 Å². The SMILES string of the molecule is CCN1CCN(C(=O)C(=O)Nc2ccc3ncccc3c2)CC1. The third kappa shape index (κ3) is 3.48. The molecule has 0 spiro atoms. The summed E-state index contributed by atoms with van der Waals surface area (Å²) in [5, 5.41) is 3.61. The highest BCUT2D eigenvalue weighted by Crippen LogP contribution is 2.17. The molecule has 0 aliphatic carbocycles. The molecule has 3 rings (SSSR count). The van der Waals surface area contributed by atoms with Gasteiger partial charge in [0.2, 0.25) is 0 Å². The van der Waals surface area contributed by atoms with Crippen molar-refractivity contribution < 1.29 is 9.59 Å². The van der Waals surface area contributed by atoms with Crippen LogP contribution < -0.4 is 5.32 Å². The number of carbonyl (C=O) groups excluding carboxylic acids is 2. The van der Waals surface area contributed by atoms with E-state index >= 15 is 0 Å². The Labute approximate surface area is 135 Å². The van der Waals surface area contributed by atoms with Crippen LogP contribution in [0.4, 0.5) is 5.69 Å². The molecule has 6 heteroatoms. The van der Waals surface area contributed by atoms with Crippen molar-refractivity contribution in [3.8, 4) is 0 Å². The molecule has 120 valence electrons. The predicted molar refractivity (Wildman–Crippen MR) is 89.1 cm³/mol. The lowest BCUT2D eigenvalue weighted by Gasteiger charge is -2.33. The number of pyridine rings is 1. The van der Waals surface area contributed by atoms with Gasteiger partial charge in [-0.25, -0.2) is 0 Å². The summed E-state index contributed by atoms with van der Waals surface area (Å²) in [5.74, 6) is -1.05. The van der Waals surface area contributed by atoms with Crippen molar-refractivity contribution >= 4 is 28.4 Å². The molecule has 0 bridgehead atoms. The first-order chi connectivity index (χ1) is 11.2. The zero-order valence-corrected chi connectivity index (χ0v) is 13.2. The van der Waals surface area contributed by atoms with Gasteiger partial charge in [-0.3, -0.25) is 14.6 Å². The molecule has 1 aromatic carbocycles. The number of likely N-dealkylation sites (N-methyl/N-ethyl adjacent to an activating group) is 1. The summed E-state index contributed by atoms with van der Waals surface area (Å²) >= 11 is 0. The maximum Gasteiger partial charge on any atom is 0.313 e. The molecular formula is C17H20N4O2. The van der Waals surface area contributed by atoms with E-state index in [1.807, 2.05) is 24.3 Å². The number of anilines is 1. The maximum absolute atomic E-state index is 12.2.